The molecule has 7 nitrogen and oxygen atoms in total. The van der Waals surface area contributed by atoms with Crippen LogP contribution in [0.3, 0.4) is 0 Å². The van der Waals surface area contributed by atoms with Crippen molar-refractivity contribution in [2.45, 2.75) is 30.2 Å². The van der Waals surface area contributed by atoms with E-state index in [0.29, 0.717) is 30.0 Å². The third-order valence-corrected chi connectivity index (χ3v) is 8.20. The Morgan fingerprint density at radius 3 is 2.94 bits per heavy atom. The molecule has 1 saturated heterocycles. The molecule has 1 aromatic heterocycles. The van der Waals surface area contributed by atoms with E-state index in [4.69, 9.17) is 22.1 Å². The van der Waals surface area contributed by atoms with Crippen LogP contribution in [0.1, 0.15) is 34.5 Å². The zero-order valence-corrected chi connectivity index (χ0v) is 18.5. The van der Waals surface area contributed by atoms with Gasteiger partial charge in [0.2, 0.25) is 5.96 Å². The van der Waals surface area contributed by atoms with Crippen LogP contribution in [0.15, 0.2) is 41.5 Å². The lowest BCUT2D eigenvalue weighted by Gasteiger charge is -2.48. The van der Waals surface area contributed by atoms with E-state index in [2.05, 4.69) is 15.8 Å². The monoisotopic (exact) mass is 464 g/mol. The van der Waals surface area contributed by atoms with E-state index in [1.165, 1.54) is 29.7 Å². The number of ketones is 1. The van der Waals surface area contributed by atoms with Gasteiger partial charge in [0.25, 0.3) is 0 Å². The lowest BCUT2D eigenvalue weighted by molar-refractivity contribution is 0.00367. The lowest BCUT2D eigenvalue weighted by atomic mass is 9.83. The van der Waals surface area contributed by atoms with Crippen LogP contribution in [0.4, 0.5) is 4.39 Å². The summed E-state index contributed by atoms with van der Waals surface area (Å²) < 4.78 is 35.6. The number of halogens is 2. The third-order valence-electron chi connectivity index (χ3n) is 5.67. The maximum absolute atomic E-state index is 15.1. The smallest absolute Gasteiger partial charge is 0.203 e. The predicted molar refractivity (Wildman–Crippen MR) is 119 cm³/mol. The molecule has 2 aromatic rings. The van der Waals surface area contributed by atoms with E-state index in [-0.39, 0.29) is 29.4 Å². The Hall–Kier alpha value is -2.49. The second-order valence-electron chi connectivity index (χ2n) is 7.66. The van der Waals surface area contributed by atoms with Crippen molar-refractivity contribution in [1.82, 2.24) is 9.29 Å². The zero-order chi connectivity index (χ0) is 22.4. The van der Waals surface area contributed by atoms with E-state index >= 15 is 4.39 Å². The number of nitrogens with zero attached hydrogens (tertiary/aromatic N) is 3. The molecule has 164 valence electrons. The lowest BCUT2D eigenvalue weighted by Crippen LogP contribution is -2.60. The van der Waals surface area contributed by atoms with Gasteiger partial charge in [-0.25, -0.2) is 13.6 Å². The molecule has 0 amide bonds. The number of Topliss-reactive ketones (excluding diaryl/α,β-unsaturated/α-hetero) is 1. The van der Waals surface area contributed by atoms with Gasteiger partial charge in [-0.1, -0.05) is 17.7 Å². The summed E-state index contributed by atoms with van der Waals surface area (Å²) in [6, 6.07) is 7.51. The fraction of sp³-hybridized carbons (Fsp3) is 0.333. The Kier molecular flexibility index (Phi) is 5.53. The number of ether oxygens (including phenoxy) is 1. The van der Waals surface area contributed by atoms with Crippen molar-refractivity contribution in [2.24, 2.45) is 10.7 Å². The summed E-state index contributed by atoms with van der Waals surface area (Å²) in [6.07, 6.45) is 2.38. The number of guanidine groups is 1. The number of nitrogens with two attached hydrogens (primary N) is 1. The van der Waals surface area contributed by atoms with Gasteiger partial charge in [0.05, 0.1) is 14.7 Å². The van der Waals surface area contributed by atoms with Crippen LogP contribution in [0, 0.1) is 5.82 Å². The van der Waals surface area contributed by atoms with Gasteiger partial charge in [0.1, 0.15) is 17.1 Å². The van der Waals surface area contributed by atoms with Crippen LogP contribution in [0.5, 0.6) is 0 Å². The predicted octanol–water partition coefficient (Wildman–Crippen LogP) is 2.52. The maximum atomic E-state index is 15.1. The molecular weight excluding hydrogens is 443 g/mol. The molecule has 1 aromatic carbocycles. The summed E-state index contributed by atoms with van der Waals surface area (Å²) in [5.74, 6) is 3.07. The highest BCUT2D eigenvalue weighted by atomic mass is 35.5. The normalized spacial score (nSPS) is 28.0. The summed E-state index contributed by atoms with van der Waals surface area (Å²) in [5.41, 5.74) is 4.82. The van der Waals surface area contributed by atoms with Crippen molar-refractivity contribution >= 4 is 38.9 Å². The van der Waals surface area contributed by atoms with Crippen LogP contribution in [0.2, 0.25) is 5.02 Å². The molecule has 10 heteroatoms. The molecule has 3 heterocycles. The molecule has 4 rings (SSSR count). The molecule has 0 saturated carbocycles. The van der Waals surface area contributed by atoms with Crippen molar-refractivity contribution in [2.75, 3.05) is 13.7 Å². The molecule has 2 N–H and O–H groups in total. The summed E-state index contributed by atoms with van der Waals surface area (Å²) in [7, 11) is -1.49. The first-order valence-corrected chi connectivity index (χ1v) is 11.8. The fourth-order valence-corrected chi connectivity index (χ4v) is 6.01. The highest BCUT2D eigenvalue weighted by Gasteiger charge is 2.53. The Bertz CT molecular complexity index is 1170. The molecular formula is C21H22ClFN4O3S. The van der Waals surface area contributed by atoms with Gasteiger partial charge in [-0.2, -0.15) is 0 Å². The summed E-state index contributed by atoms with van der Waals surface area (Å²) >= 11 is 5.83. The molecule has 2 aliphatic rings. The number of pyridine rings is 1. The number of carbonyl (C=O) groups excluding carboxylic acids is 1. The van der Waals surface area contributed by atoms with E-state index in [1.807, 2.05) is 0 Å². The fourth-order valence-electron chi connectivity index (χ4n) is 4.04. The first-order chi connectivity index (χ1) is 14.6. The standard InChI is InChI=1S/C21H22ClFN4O3S/c1-27-20(24)26-21(8-3-9-30-19(21)31(27,2)29)15-10-13(4-6-16(15)23)11-18(28)17-7-5-14(22)12-25-17/h4-7,10,12,19H,2-3,8-9,11H2,1H3,(H2,24,26)/t19?,21-,31?/m1/s1. The van der Waals surface area contributed by atoms with E-state index in [1.54, 1.807) is 18.2 Å². The van der Waals surface area contributed by atoms with Gasteiger partial charge < -0.3 is 10.5 Å². The zero-order valence-electron chi connectivity index (χ0n) is 16.9. The molecule has 0 spiro atoms. The Morgan fingerprint density at radius 2 is 2.23 bits per heavy atom. The quantitative estimate of drug-likeness (QED) is 0.554. The number of hydrogen-bond acceptors (Lipinski definition) is 6. The van der Waals surface area contributed by atoms with Crippen molar-refractivity contribution < 1.29 is 18.1 Å². The number of aliphatic imine (C=N–C) groups is 1. The van der Waals surface area contributed by atoms with Crippen LogP contribution in [-0.4, -0.2) is 50.2 Å². The molecule has 31 heavy (non-hydrogen) atoms. The number of carbonyl (C=O) groups is 1. The second-order valence-corrected chi connectivity index (χ2v) is 10.5. The van der Waals surface area contributed by atoms with E-state index in [0.717, 1.165) is 0 Å². The maximum Gasteiger partial charge on any atom is 0.203 e. The van der Waals surface area contributed by atoms with Gasteiger partial charge in [-0.05, 0) is 48.5 Å². The molecule has 2 unspecified atom stereocenters. The van der Waals surface area contributed by atoms with Crippen molar-refractivity contribution in [1.29, 1.82) is 0 Å². The summed E-state index contributed by atoms with van der Waals surface area (Å²) in [5, 5.41) is 0.428. The molecule has 1 fully saturated rings. The minimum absolute atomic E-state index is 0.00235. The topological polar surface area (TPSA) is 97.9 Å². The Labute approximate surface area is 185 Å². The first kappa shape index (κ1) is 21.7. The molecule has 2 aliphatic heterocycles. The van der Waals surface area contributed by atoms with E-state index < -0.39 is 26.5 Å². The van der Waals surface area contributed by atoms with Gasteiger partial charge in [-0.15, -0.1) is 0 Å². The summed E-state index contributed by atoms with van der Waals surface area (Å²) in [6.45, 7) is 0.365. The Morgan fingerprint density at radius 1 is 1.45 bits per heavy atom. The van der Waals surface area contributed by atoms with Gasteiger partial charge in [-0.3, -0.25) is 14.1 Å². The average molecular weight is 465 g/mol. The van der Waals surface area contributed by atoms with Crippen LogP contribution >= 0.6 is 11.6 Å². The first-order valence-electron chi connectivity index (χ1n) is 9.66. The number of hydrogen-bond donors (Lipinski definition) is 1. The van der Waals surface area contributed by atoms with Crippen LogP contribution < -0.4 is 5.73 Å². The van der Waals surface area contributed by atoms with Crippen molar-refractivity contribution in [3.8, 4) is 0 Å². The summed E-state index contributed by atoms with van der Waals surface area (Å²) in [4.78, 5) is 21.2. The number of rotatable bonds is 4. The highest BCUT2D eigenvalue weighted by Crippen LogP contribution is 2.45. The van der Waals surface area contributed by atoms with Crippen molar-refractivity contribution in [3.63, 3.8) is 0 Å². The minimum atomic E-state index is -3.02. The average Bonchev–Trinajstić information content (AvgIpc) is 2.74. The second kappa shape index (κ2) is 7.89. The Balaban J connectivity index is 1.77. The highest BCUT2D eigenvalue weighted by molar-refractivity contribution is 7.99. The van der Waals surface area contributed by atoms with Gasteiger partial charge >= 0.3 is 0 Å². The van der Waals surface area contributed by atoms with E-state index in [9.17, 15) is 9.00 Å². The minimum Gasteiger partial charge on any atom is -0.369 e. The van der Waals surface area contributed by atoms with Gasteiger partial charge in [0, 0.05) is 31.8 Å². The SMILES string of the molecule is C=S1(=O)C2OCCC[C@]2(c2cc(CC(=O)c3ccc(Cl)cn3)ccc2F)N=C(N)N1C. The third kappa shape index (κ3) is 3.71. The number of benzene rings is 1. The molecule has 0 bridgehead atoms. The van der Waals surface area contributed by atoms with Crippen LogP contribution in [-0.2, 0) is 26.4 Å². The molecule has 0 radical (unpaired) electrons. The largest absolute Gasteiger partial charge is 0.369 e. The molecule has 3 atom stereocenters. The van der Waals surface area contributed by atoms with Crippen LogP contribution in [0.25, 0.3) is 0 Å². The molecule has 0 aliphatic carbocycles. The number of aromatic nitrogens is 1. The van der Waals surface area contributed by atoms with Gasteiger partial charge in [0.15, 0.2) is 11.2 Å². The van der Waals surface area contributed by atoms with Crippen molar-refractivity contribution in [3.05, 3.63) is 64.2 Å². The number of fused-ring (bicyclic) bond motifs is 1.